The van der Waals surface area contributed by atoms with E-state index in [1.54, 1.807) is 5.57 Å². The van der Waals surface area contributed by atoms with E-state index in [1.165, 1.54) is 91.3 Å². The summed E-state index contributed by atoms with van der Waals surface area (Å²) < 4.78 is 0. The average molecular weight is 426 g/mol. The Bertz CT molecular complexity index is 1140. The molecule has 0 atom stereocenters. The summed E-state index contributed by atoms with van der Waals surface area (Å²) in [4.78, 5) is 6.01. The fourth-order valence-corrected chi connectivity index (χ4v) is 6.28. The van der Waals surface area contributed by atoms with Gasteiger partial charge < -0.3 is 15.2 Å². The molecule has 0 bridgehead atoms. The zero-order valence-corrected chi connectivity index (χ0v) is 19.3. The Morgan fingerprint density at radius 3 is 2.50 bits per heavy atom. The number of H-pyrrole nitrogens is 1. The van der Waals surface area contributed by atoms with Crippen molar-refractivity contribution in [3.05, 3.63) is 65.4 Å². The largest absolute Gasteiger partial charge is 0.361 e. The lowest BCUT2D eigenvalue weighted by Crippen LogP contribution is -2.30. The summed E-state index contributed by atoms with van der Waals surface area (Å²) in [6.07, 6.45) is 15.3. The Labute approximate surface area is 191 Å². The number of allylic oxidation sites excluding steroid dienone is 2. The van der Waals surface area contributed by atoms with Crippen molar-refractivity contribution < 1.29 is 0 Å². The molecule has 1 aliphatic heterocycles. The number of hydrogen-bond acceptors (Lipinski definition) is 2. The summed E-state index contributed by atoms with van der Waals surface area (Å²) in [7, 11) is 2.24. The van der Waals surface area contributed by atoms with E-state index >= 15 is 0 Å². The molecule has 3 heteroatoms. The summed E-state index contributed by atoms with van der Waals surface area (Å²) in [5, 5.41) is 5.10. The average Bonchev–Trinajstić information content (AvgIpc) is 3.44. The van der Waals surface area contributed by atoms with Gasteiger partial charge in [0.15, 0.2) is 0 Å². The van der Waals surface area contributed by atoms with Crippen LogP contribution in [0.15, 0.2) is 48.7 Å². The Morgan fingerprint density at radius 1 is 0.875 bits per heavy atom. The van der Waals surface area contributed by atoms with Crippen molar-refractivity contribution in [2.24, 2.45) is 5.92 Å². The van der Waals surface area contributed by atoms with Crippen LogP contribution in [0.5, 0.6) is 0 Å². The van der Waals surface area contributed by atoms with Gasteiger partial charge in [0.05, 0.1) is 0 Å². The third-order valence-electron chi connectivity index (χ3n) is 8.17. The first-order chi connectivity index (χ1) is 15.7. The lowest BCUT2D eigenvalue weighted by atomic mass is 9.84. The van der Waals surface area contributed by atoms with Crippen molar-refractivity contribution in [1.29, 1.82) is 0 Å². The summed E-state index contributed by atoms with van der Waals surface area (Å²) in [5.74, 6) is 1.45. The highest BCUT2D eigenvalue weighted by atomic mass is 15.1. The van der Waals surface area contributed by atoms with Crippen molar-refractivity contribution in [2.75, 3.05) is 25.5 Å². The number of nitrogens with one attached hydrogen (secondary N) is 2. The molecule has 1 aromatic heterocycles. The Balaban J connectivity index is 1.22. The number of fused-ring (bicyclic) bond motifs is 2. The van der Waals surface area contributed by atoms with E-state index in [0.717, 1.165) is 23.9 Å². The van der Waals surface area contributed by atoms with E-state index in [0.29, 0.717) is 0 Å². The predicted molar refractivity (Wildman–Crippen MR) is 136 cm³/mol. The van der Waals surface area contributed by atoms with E-state index in [-0.39, 0.29) is 0 Å². The van der Waals surface area contributed by atoms with Gasteiger partial charge in [0, 0.05) is 28.5 Å². The zero-order chi connectivity index (χ0) is 21.5. The Hall–Kier alpha value is -2.52. The van der Waals surface area contributed by atoms with Gasteiger partial charge in [-0.3, -0.25) is 0 Å². The summed E-state index contributed by atoms with van der Waals surface area (Å²) in [6, 6.07) is 13.8. The second-order valence-electron chi connectivity index (χ2n) is 10.3. The van der Waals surface area contributed by atoms with Gasteiger partial charge in [0.25, 0.3) is 0 Å². The number of nitrogens with zero attached hydrogens (tertiary/aromatic N) is 1. The highest BCUT2D eigenvalue weighted by Crippen LogP contribution is 2.40. The van der Waals surface area contributed by atoms with Crippen LogP contribution in [0.1, 0.15) is 67.6 Å². The number of rotatable bonds is 4. The van der Waals surface area contributed by atoms with Crippen LogP contribution >= 0.6 is 0 Å². The van der Waals surface area contributed by atoms with Crippen molar-refractivity contribution in [3.8, 4) is 0 Å². The molecule has 6 rings (SSSR count). The minimum atomic E-state index is 0.719. The van der Waals surface area contributed by atoms with Gasteiger partial charge >= 0.3 is 0 Å². The highest BCUT2D eigenvalue weighted by molar-refractivity contribution is 5.88. The standard InChI is InChI=1S/C29H35N3/c1-32-15-13-22(14-16-32)25-11-8-21-7-9-23(17-27(21)25)31-24-10-12-26-28(19-30-29(26)18-24)20-5-3-2-4-6-20/h7,9-12,17-20,22,30-31H,2-6,8,13-16H2,1H3. The molecule has 0 unspecified atom stereocenters. The van der Waals surface area contributed by atoms with Crippen LogP contribution in [-0.4, -0.2) is 30.0 Å². The molecular weight excluding hydrogens is 390 g/mol. The van der Waals surface area contributed by atoms with Crippen LogP contribution in [0.4, 0.5) is 11.4 Å². The molecule has 0 spiro atoms. The first-order valence-electron chi connectivity index (χ1n) is 12.6. The minimum Gasteiger partial charge on any atom is -0.361 e. The third kappa shape index (κ3) is 3.77. The van der Waals surface area contributed by atoms with Crippen LogP contribution in [0.25, 0.3) is 16.5 Å². The molecule has 166 valence electrons. The molecule has 2 aromatic carbocycles. The molecule has 2 fully saturated rings. The van der Waals surface area contributed by atoms with Gasteiger partial charge in [-0.2, -0.15) is 0 Å². The minimum absolute atomic E-state index is 0.719. The fraction of sp³-hybridized carbons (Fsp3) is 0.448. The number of likely N-dealkylation sites (tertiary alicyclic amines) is 1. The molecule has 2 heterocycles. The van der Waals surface area contributed by atoms with Crippen LogP contribution in [0.3, 0.4) is 0 Å². The van der Waals surface area contributed by atoms with Gasteiger partial charge in [-0.1, -0.05) is 37.5 Å². The van der Waals surface area contributed by atoms with E-state index in [9.17, 15) is 0 Å². The van der Waals surface area contributed by atoms with Crippen LogP contribution < -0.4 is 5.32 Å². The predicted octanol–water partition coefficient (Wildman–Crippen LogP) is 7.24. The summed E-state index contributed by atoms with van der Waals surface area (Å²) in [5.41, 5.74) is 9.70. The van der Waals surface area contributed by atoms with Crippen molar-refractivity contribution in [1.82, 2.24) is 9.88 Å². The monoisotopic (exact) mass is 425 g/mol. The number of benzene rings is 2. The Kier molecular flexibility index (Phi) is 5.30. The third-order valence-corrected chi connectivity index (χ3v) is 8.17. The second-order valence-corrected chi connectivity index (χ2v) is 10.3. The number of hydrogen-bond donors (Lipinski definition) is 2. The molecule has 1 saturated carbocycles. The maximum absolute atomic E-state index is 3.69. The molecule has 3 aliphatic rings. The highest BCUT2D eigenvalue weighted by Gasteiger charge is 2.25. The molecule has 2 N–H and O–H groups in total. The molecule has 2 aliphatic carbocycles. The van der Waals surface area contributed by atoms with E-state index < -0.39 is 0 Å². The Morgan fingerprint density at radius 2 is 1.66 bits per heavy atom. The topological polar surface area (TPSA) is 31.1 Å². The first-order valence-corrected chi connectivity index (χ1v) is 12.6. The van der Waals surface area contributed by atoms with Crippen molar-refractivity contribution in [3.63, 3.8) is 0 Å². The van der Waals surface area contributed by atoms with Crippen molar-refractivity contribution in [2.45, 2.75) is 57.3 Å². The van der Waals surface area contributed by atoms with Gasteiger partial charge in [-0.15, -0.1) is 0 Å². The number of aromatic nitrogens is 1. The number of aromatic amines is 1. The SMILES string of the molecule is CN1CCC(C2=CCc3ccc(Nc4ccc5c(C6CCCCC6)c[nH]c5c4)cc32)CC1. The summed E-state index contributed by atoms with van der Waals surface area (Å²) >= 11 is 0. The quantitative estimate of drug-likeness (QED) is 0.461. The lowest BCUT2D eigenvalue weighted by Gasteiger charge is -2.30. The van der Waals surface area contributed by atoms with Gasteiger partial charge in [0.2, 0.25) is 0 Å². The van der Waals surface area contributed by atoms with Crippen LogP contribution in [0, 0.1) is 5.92 Å². The second kappa shape index (κ2) is 8.44. The van der Waals surface area contributed by atoms with E-state index in [1.807, 2.05) is 0 Å². The summed E-state index contributed by atoms with van der Waals surface area (Å²) in [6.45, 7) is 2.43. The van der Waals surface area contributed by atoms with Crippen LogP contribution in [0.2, 0.25) is 0 Å². The number of anilines is 2. The molecule has 0 amide bonds. The fourth-order valence-electron chi connectivity index (χ4n) is 6.28. The van der Waals surface area contributed by atoms with Gasteiger partial charge in [-0.25, -0.2) is 0 Å². The molecule has 0 radical (unpaired) electrons. The maximum Gasteiger partial charge on any atom is 0.0477 e. The lowest BCUT2D eigenvalue weighted by molar-refractivity contribution is 0.248. The molecule has 32 heavy (non-hydrogen) atoms. The van der Waals surface area contributed by atoms with Crippen LogP contribution in [-0.2, 0) is 6.42 Å². The van der Waals surface area contributed by atoms with Crippen molar-refractivity contribution >= 4 is 27.9 Å². The maximum atomic E-state index is 3.69. The van der Waals surface area contributed by atoms with E-state index in [2.05, 4.69) is 70.9 Å². The smallest absolute Gasteiger partial charge is 0.0477 e. The normalized spacial score (nSPS) is 20.5. The zero-order valence-electron chi connectivity index (χ0n) is 19.3. The van der Waals surface area contributed by atoms with E-state index in [4.69, 9.17) is 0 Å². The molecule has 1 saturated heterocycles. The first kappa shape index (κ1) is 20.1. The molecule has 3 nitrogen and oxygen atoms in total. The molecular formula is C29H35N3. The van der Waals surface area contributed by atoms with Gasteiger partial charge in [0.1, 0.15) is 0 Å². The van der Waals surface area contributed by atoms with Gasteiger partial charge in [-0.05, 0) is 111 Å². The molecule has 3 aromatic rings. The number of piperidine rings is 1.